The van der Waals surface area contributed by atoms with Crippen molar-refractivity contribution in [1.29, 1.82) is 0 Å². The molecule has 0 saturated heterocycles. The summed E-state index contributed by atoms with van der Waals surface area (Å²) in [5.41, 5.74) is 3.54. The van der Waals surface area contributed by atoms with Gasteiger partial charge < -0.3 is 25.4 Å². The van der Waals surface area contributed by atoms with Crippen LogP contribution in [0.15, 0.2) is 108 Å². The lowest BCUT2D eigenvalue weighted by Gasteiger charge is -2.19. The Morgan fingerprint density at radius 2 is 1.52 bits per heavy atom. The van der Waals surface area contributed by atoms with E-state index in [1.807, 2.05) is 43.3 Å². The fourth-order valence-electron chi connectivity index (χ4n) is 4.10. The Labute approximate surface area is 248 Å². The van der Waals surface area contributed by atoms with Gasteiger partial charge in [-0.25, -0.2) is 0 Å². The van der Waals surface area contributed by atoms with Crippen LogP contribution in [0, 0.1) is 6.92 Å². The molecule has 0 spiro atoms. The average Bonchev–Trinajstić information content (AvgIpc) is 3.01. The van der Waals surface area contributed by atoms with Gasteiger partial charge in [0, 0.05) is 27.9 Å². The van der Waals surface area contributed by atoms with Crippen LogP contribution in [0.3, 0.4) is 0 Å². The zero-order valence-electron chi connectivity index (χ0n) is 22.9. The van der Waals surface area contributed by atoms with Gasteiger partial charge in [0.15, 0.2) is 11.5 Å². The van der Waals surface area contributed by atoms with Gasteiger partial charge in [0.2, 0.25) is 5.91 Å². The maximum absolute atomic E-state index is 13.3. The van der Waals surface area contributed by atoms with Gasteiger partial charge >= 0.3 is 0 Å². The second-order valence-electron chi connectivity index (χ2n) is 9.47. The fraction of sp³-hybridized carbons (Fsp3) is 0.121. The minimum atomic E-state index is -0.474. The number of carbonyl (C=O) groups excluding carboxylic acids is 3. The molecule has 4 aromatic carbocycles. The first-order valence-corrected chi connectivity index (χ1v) is 14.3. The van der Waals surface area contributed by atoms with E-state index in [2.05, 4.69) is 16.0 Å². The van der Waals surface area contributed by atoms with Crippen LogP contribution in [0.25, 0.3) is 6.08 Å². The lowest BCUT2D eigenvalue weighted by atomic mass is 10.1. The molecule has 3 amide bonds. The molecule has 5 rings (SSSR count). The van der Waals surface area contributed by atoms with Crippen molar-refractivity contribution in [1.82, 2.24) is 5.32 Å². The van der Waals surface area contributed by atoms with Crippen molar-refractivity contribution in [2.45, 2.75) is 11.8 Å². The molecule has 3 N–H and O–H groups in total. The molecule has 0 bridgehead atoms. The van der Waals surface area contributed by atoms with E-state index in [0.29, 0.717) is 41.7 Å². The Balaban J connectivity index is 1.23. The summed E-state index contributed by atoms with van der Waals surface area (Å²) in [5, 5.41) is 8.48. The monoisotopic (exact) mass is 579 g/mol. The summed E-state index contributed by atoms with van der Waals surface area (Å²) in [7, 11) is 0. The summed E-state index contributed by atoms with van der Waals surface area (Å²) < 4.78 is 11.1. The highest BCUT2D eigenvalue weighted by molar-refractivity contribution is 8.00. The number of hydrogen-bond donors (Lipinski definition) is 3. The van der Waals surface area contributed by atoms with Crippen LogP contribution >= 0.6 is 11.8 Å². The van der Waals surface area contributed by atoms with Gasteiger partial charge in [0.1, 0.15) is 18.9 Å². The lowest BCUT2D eigenvalue weighted by molar-refractivity contribution is -0.114. The summed E-state index contributed by atoms with van der Waals surface area (Å²) in [5.74, 6) is 0.376. The molecule has 9 heteroatoms. The largest absolute Gasteiger partial charge is 0.486 e. The molecular formula is C33H29N3O5S. The third-order valence-corrected chi connectivity index (χ3v) is 7.20. The molecule has 4 aromatic rings. The second-order valence-corrected chi connectivity index (χ2v) is 10.5. The highest BCUT2D eigenvalue weighted by Crippen LogP contribution is 2.32. The summed E-state index contributed by atoms with van der Waals surface area (Å²) >= 11 is 1.33. The van der Waals surface area contributed by atoms with E-state index >= 15 is 0 Å². The number of benzene rings is 4. The van der Waals surface area contributed by atoms with Gasteiger partial charge in [0.05, 0.1) is 5.75 Å². The first-order valence-electron chi connectivity index (χ1n) is 13.3. The number of rotatable bonds is 9. The van der Waals surface area contributed by atoms with Crippen LogP contribution in [0.4, 0.5) is 11.4 Å². The van der Waals surface area contributed by atoms with Crippen LogP contribution in [0.2, 0.25) is 0 Å². The normalized spacial score (nSPS) is 12.3. The van der Waals surface area contributed by atoms with Crippen molar-refractivity contribution in [2.75, 3.05) is 29.6 Å². The van der Waals surface area contributed by atoms with Gasteiger partial charge in [-0.1, -0.05) is 54.1 Å². The number of ether oxygens (including phenoxy) is 2. The SMILES string of the molecule is Cc1ccc(/C=C(\NC(=O)c2ccccc2)C(=O)Nc2cccc(SCC(=O)Nc3ccc4c(c3)OCCO4)c2)cc1. The topological polar surface area (TPSA) is 106 Å². The van der Waals surface area contributed by atoms with E-state index in [0.717, 1.165) is 16.0 Å². The molecule has 1 aliphatic rings. The molecule has 1 heterocycles. The zero-order chi connectivity index (χ0) is 29.3. The predicted octanol–water partition coefficient (Wildman–Crippen LogP) is 5.91. The zero-order valence-corrected chi connectivity index (χ0v) is 23.7. The maximum atomic E-state index is 13.3. The first-order chi connectivity index (χ1) is 20.4. The van der Waals surface area contributed by atoms with Crippen molar-refractivity contribution in [3.05, 3.63) is 119 Å². The maximum Gasteiger partial charge on any atom is 0.272 e. The molecular weight excluding hydrogens is 550 g/mol. The van der Waals surface area contributed by atoms with E-state index in [4.69, 9.17) is 9.47 Å². The Morgan fingerprint density at radius 3 is 2.31 bits per heavy atom. The summed E-state index contributed by atoms with van der Waals surface area (Å²) in [4.78, 5) is 39.6. The van der Waals surface area contributed by atoms with Crippen LogP contribution in [-0.4, -0.2) is 36.7 Å². The van der Waals surface area contributed by atoms with Gasteiger partial charge in [0.25, 0.3) is 11.8 Å². The molecule has 8 nitrogen and oxygen atoms in total. The molecule has 0 aromatic heterocycles. The Bertz CT molecular complexity index is 1620. The summed E-state index contributed by atoms with van der Waals surface area (Å²) in [6.07, 6.45) is 1.64. The van der Waals surface area contributed by atoms with Gasteiger partial charge in [-0.15, -0.1) is 11.8 Å². The lowest BCUT2D eigenvalue weighted by Crippen LogP contribution is -2.30. The molecule has 0 unspecified atom stereocenters. The van der Waals surface area contributed by atoms with Crippen molar-refractivity contribution in [2.24, 2.45) is 0 Å². The summed E-state index contributed by atoms with van der Waals surface area (Å²) in [6.45, 7) is 2.95. The standard InChI is InChI=1S/C33H29N3O5S/c1-22-10-12-23(13-11-22)18-28(36-32(38)24-6-3-2-4-7-24)33(39)35-25-8-5-9-27(19-25)42-21-31(37)34-26-14-15-29-30(20-26)41-17-16-40-29/h2-15,18-20H,16-17,21H2,1H3,(H,34,37)(H,35,39)(H,36,38)/b28-18-. The molecule has 0 atom stereocenters. The smallest absolute Gasteiger partial charge is 0.272 e. The quantitative estimate of drug-likeness (QED) is 0.168. The number of carbonyl (C=O) groups is 3. The third-order valence-electron chi connectivity index (χ3n) is 6.20. The molecule has 1 aliphatic heterocycles. The Hall–Kier alpha value is -5.02. The van der Waals surface area contributed by atoms with Crippen LogP contribution < -0.4 is 25.4 Å². The van der Waals surface area contributed by atoms with Crippen LogP contribution in [-0.2, 0) is 9.59 Å². The number of thioether (sulfide) groups is 1. The van der Waals surface area contributed by atoms with Crippen molar-refractivity contribution in [3.63, 3.8) is 0 Å². The average molecular weight is 580 g/mol. The molecule has 212 valence electrons. The van der Waals surface area contributed by atoms with E-state index in [9.17, 15) is 14.4 Å². The summed E-state index contributed by atoms with van der Waals surface area (Å²) in [6, 6.07) is 28.8. The van der Waals surface area contributed by atoms with Crippen molar-refractivity contribution < 1.29 is 23.9 Å². The predicted molar refractivity (Wildman–Crippen MR) is 165 cm³/mol. The number of anilines is 2. The van der Waals surface area contributed by atoms with Crippen LogP contribution in [0.5, 0.6) is 11.5 Å². The number of aryl methyl sites for hydroxylation is 1. The minimum Gasteiger partial charge on any atom is -0.486 e. The minimum absolute atomic E-state index is 0.101. The molecule has 0 aliphatic carbocycles. The highest BCUT2D eigenvalue weighted by Gasteiger charge is 2.16. The van der Waals surface area contributed by atoms with E-state index in [1.165, 1.54) is 11.8 Å². The first kappa shape index (κ1) is 28.5. The Kier molecular flexibility index (Phi) is 9.20. The number of hydrogen-bond acceptors (Lipinski definition) is 6. The molecule has 42 heavy (non-hydrogen) atoms. The molecule has 0 fully saturated rings. The van der Waals surface area contributed by atoms with E-state index in [1.54, 1.807) is 66.7 Å². The number of amides is 3. The third kappa shape index (κ3) is 7.80. The van der Waals surface area contributed by atoms with Crippen LogP contribution in [0.1, 0.15) is 21.5 Å². The van der Waals surface area contributed by atoms with Gasteiger partial charge in [-0.3, -0.25) is 14.4 Å². The Morgan fingerprint density at radius 1 is 0.786 bits per heavy atom. The second kappa shape index (κ2) is 13.6. The highest BCUT2D eigenvalue weighted by atomic mass is 32.2. The van der Waals surface area contributed by atoms with Gasteiger partial charge in [-0.2, -0.15) is 0 Å². The number of fused-ring (bicyclic) bond motifs is 1. The van der Waals surface area contributed by atoms with E-state index < -0.39 is 11.8 Å². The molecule has 0 radical (unpaired) electrons. The number of nitrogens with one attached hydrogen (secondary N) is 3. The molecule has 0 saturated carbocycles. The van der Waals surface area contributed by atoms with Crippen molar-refractivity contribution >= 4 is 46.9 Å². The fourth-order valence-corrected chi connectivity index (χ4v) is 4.86. The van der Waals surface area contributed by atoms with Gasteiger partial charge in [-0.05, 0) is 61.0 Å². The van der Waals surface area contributed by atoms with E-state index in [-0.39, 0.29) is 17.4 Å². The van der Waals surface area contributed by atoms with Crippen molar-refractivity contribution in [3.8, 4) is 11.5 Å².